The predicted octanol–water partition coefficient (Wildman–Crippen LogP) is 4.31. The number of carbonyl (C=O) groups excluding carboxylic acids is 1. The van der Waals surface area contributed by atoms with Crippen molar-refractivity contribution < 1.29 is 4.79 Å². The summed E-state index contributed by atoms with van der Waals surface area (Å²) in [5.74, 6) is -0.128. The summed E-state index contributed by atoms with van der Waals surface area (Å²) in [7, 11) is 0. The van der Waals surface area contributed by atoms with Gasteiger partial charge in [0.1, 0.15) is 0 Å². The van der Waals surface area contributed by atoms with Gasteiger partial charge in [0.05, 0.1) is 6.21 Å². The van der Waals surface area contributed by atoms with Gasteiger partial charge in [0.2, 0.25) is 5.91 Å². The van der Waals surface area contributed by atoms with Crippen LogP contribution in [0.1, 0.15) is 24.0 Å². The zero-order valence-electron chi connectivity index (χ0n) is 14.8. The number of halogens is 1. The fourth-order valence-electron chi connectivity index (χ4n) is 2.72. The number of fused-ring (bicyclic) bond motifs is 1. The topological polar surface area (TPSA) is 69.3 Å². The molecule has 1 amide bonds. The first-order valence-corrected chi connectivity index (χ1v) is 9.08. The van der Waals surface area contributed by atoms with E-state index in [2.05, 4.69) is 27.4 Å². The lowest BCUT2D eigenvalue weighted by Gasteiger charge is -2.10. The van der Waals surface area contributed by atoms with Crippen LogP contribution in [0.25, 0.3) is 16.6 Å². The maximum absolute atomic E-state index is 11.9. The minimum absolute atomic E-state index is 0.128. The number of hydrogen-bond donors (Lipinski definition) is 3. The van der Waals surface area contributed by atoms with Crippen molar-refractivity contribution in [2.75, 3.05) is 6.54 Å². The second kappa shape index (κ2) is 9.05. The zero-order chi connectivity index (χ0) is 19.1. The van der Waals surface area contributed by atoms with Gasteiger partial charge in [-0.15, -0.1) is 0 Å². The molecule has 3 aromatic rings. The number of amides is 1. The molecule has 138 valence electrons. The Bertz CT molecular complexity index is 977. The van der Waals surface area contributed by atoms with Gasteiger partial charge in [-0.25, -0.2) is 5.43 Å². The van der Waals surface area contributed by atoms with E-state index in [1.165, 1.54) is 0 Å². The molecule has 27 heavy (non-hydrogen) atoms. The monoisotopic (exact) mass is 380 g/mol. The van der Waals surface area contributed by atoms with Gasteiger partial charge >= 0.3 is 0 Å². The molecule has 0 aliphatic heterocycles. The Morgan fingerprint density at radius 1 is 1.19 bits per heavy atom. The van der Waals surface area contributed by atoms with Crippen LogP contribution < -0.4 is 10.7 Å². The van der Waals surface area contributed by atoms with Crippen molar-refractivity contribution in [2.45, 2.75) is 12.8 Å². The average molecular weight is 381 g/mol. The first kappa shape index (κ1) is 18.7. The minimum Gasteiger partial charge on any atom is -0.385 e. The molecular weight excluding hydrogens is 360 g/mol. The quantitative estimate of drug-likeness (QED) is 0.309. The highest BCUT2D eigenvalue weighted by molar-refractivity contribution is 6.32. The van der Waals surface area contributed by atoms with Crippen LogP contribution in [0.4, 0.5) is 0 Å². The smallest absolute Gasteiger partial charge is 0.240 e. The van der Waals surface area contributed by atoms with Gasteiger partial charge in [-0.05, 0) is 18.6 Å². The number of benzene rings is 2. The van der Waals surface area contributed by atoms with E-state index in [4.69, 9.17) is 11.6 Å². The van der Waals surface area contributed by atoms with Crippen LogP contribution >= 0.6 is 11.6 Å². The van der Waals surface area contributed by atoms with Crippen molar-refractivity contribution in [3.8, 4) is 0 Å². The number of hydrogen-bond acceptors (Lipinski definition) is 3. The van der Waals surface area contributed by atoms with Crippen molar-refractivity contribution in [3.63, 3.8) is 0 Å². The number of nitrogens with zero attached hydrogens (tertiary/aromatic N) is 1. The number of carbonyl (C=O) groups is 1. The van der Waals surface area contributed by atoms with Gasteiger partial charge in [0, 0.05) is 51.9 Å². The second-order valence-electron chi connectivity index (χ2n) is 6.07. The Hall–Kier alpha value is -3.05. The molecule has 0 atom stereocenters. The fourth-order valence-corrected chi connectivity index (χ4v) is 2.97. The van der Waals surface area contributed by atoms with Crippen molar-refractivity contribution in [1.82, 2.24) is 15.7 Å². The number of hydrazone groups is 1. The van der Waals surface area contributed by atoms with Gasteiger partial charge < -0.3 is 10.3 Å². The summed E-state index contributed by atoms with van der Waals surface area (Å²) in [5.41, 5.74) is 6.15. The van der Waals surface area contributed by atoms with E-state index in [1.54, 1.807) is 6.21 Å². The molecule has 0 bridgehead atoms. The van der Waals surface area contributed by atoms with E-state index in [1.807, 2.05) is 54.7 Å². The summed E-state index contributed by atoms with van der Waals surface area (Å²) in [5, 5.41) is 8.95. The molecule has 0 aliphatic carbocycles. The number of aromatic nitrogens is 1. The Morgan fingerprint density at radius 2 is 1.96 bits per heavy atom. The minimum atomic E-state index is -0.128. The van der Waals surface area contributed by atoms with Crippen LogP contribution in [0.15, 0.2) is 66.4 Å². The standard InChI is InChI=1S/C21H21ClN4O/c1-15(17-7-2-4-9-19(17)22)23-12-6-11-21(27)26-25-14-16-13-24-20-10-5-3-8-18(16)20/h2-5,7-10,13-14,23-24H,1,6,11-12H2,(H,26,27)/b25-14+. The molecule has 1 aromatic heterocycles. The lowest BCUT2D eigenvalue weighted by molar-refractivity contribution is -0.121. The number of H-pyrrole nitrogens is 1. The molecule has 0 unspecified atom stereocenters. The van der Waals surface area contributed by atoms with Crippen molar-refractivity contribution >= 4 is 40.3 Å². The summed E-state index contributed by atoms with van der Waals surface area (Å²) in [6.45, 7) is 4.61. The van der Waals surface area contributed by atoms with Gasteiger partial charge in [-0.2, -0.15) is 5.10 Å². The third-order valence-electron chi connectivity index (χ3n) is 4.13. The van der Waals surface area contributed by atoms with E-state index in [0.29, 0.717) is 24.4 Å². The SMILES string of the molecule is C=C(NCCCC(=O)N/N=C/c1c[nH]c2ccccc12)c1ccccc1Cl. The zero-order valence-corrected chi connectivity index (χ0v) is 15.6. The number of nitrogens with one attached hydrogen (secondary N) is 3. The number of aromatic amines is 1. The van der Waals surface area contributed by atoms with Gasteiger partial charge in [0.15, 0.2) is 0 Å². The molecular formula is C21H21ClN4O. The summed E-state index contributed by atoms with van der Waals surface area (Å²) >= 11 is 6.14. The Morgan fingerprint density at radius 3 is 2.81 bits per heavy atom. The molecule has 0 aliphatic rings. The van der Waals surface area contributed by atoms with Crippen molar-refractivity contribution in [2.24, 2.45) is 5.10 Å². The Labute approximate surface area is 163 Å². The molecule has 3 rings (SSSR count). The molecule has 3 N–H and O–H groups in total. The Balaban J connectivity index is 1.40. The first-order valence-electron chi connectivity index (χ1n) is 8.71. The molecule has 0 fully saturated rings. The van der Waals surface area contributed by atoms with Crippen LogP contribution in [0, 0.1) is 0 Å². The molecule has 2 aromatic carbocycles. The molecule has 1 heterocycles. The van der Waals surface area contributed by atoms with Gasteiger partial charge in [0.25, 0.3) is 0 Å². The lowest BCUT2D eigenvalue weighted by Crippen LogP contribution is -2.20. The largest absolute Gasteiger partial charge is 0.385 e. The van der Waals surface area contributed by atoms with E-state index >= 15 is 0 Å². The first-order chi connectivity index (χ1) is 13.1. The van der Waals surface area contributed by atoms with Crippen molar-refractivity contribution in [1.29, 1.82) is 0 Å². The van der Waals surface area contributed by atoms with Crippen LogP contribution in [0.3, 0.4) is 0 Å². The van der Waals surface area contributed by atoms with Gasteiger partial charge in [-0.3, -0.25) is 4.79 Å². The average Bonchev–Trinajstić information content (AvgIpc) is 3.09. The highest BCUT2D eigenvalue weighted by Crippen LogP contribution is 2.20. The van der Waals surface area contributed by atoms with Crippen LogP contribution in [-0.4, -0.2) is 23.7 Å². The van der Waals surface area contributed by atoms with E-state index in [0.717, 1.165) is 27.7 Å². The van der Waals surface area contributed by atoms with E-state index in [-0.39, 0.29) is 5.91 Å². The molecule has 6 heteroatoms. The molecule has 0 saturated heterocycles. The summed E-state index contributed by atoms with van der Waals surface area (Å²) in [6.07, 6.45) is 4.55. The molecule has 0 saturated carbocycles. The fraction of sp³-hybridized carbons (Fsp3) is 0.143. The number of para-hydroxylation sites is 1. The normalized spacial score (nSPS) is 11.0. The maximum atomic E-state index is 11.9. The summed E-state index contributed by atoms with van der Waals surface area (Å²) in [4.78, 5) is 15.1. The van der Waals surface area contributed by atoms with Crippen LogP contribution in [0.2, 0.25) is 5.02 Å². The maximum Gasteiger partial charge on any atom is 0.240 e. The van der Waals surface area contributed by atoms with Crippen LogP contribution in [-0.2, 0) is 4.79 Å². The summed E-state index contributed by atoms with van der Waals surface area (Å²) in [6, 6.07) is 15.5. The third-order valence-corrected chi connectivity index (χ3v) is 4.46. The van der Waals surface area contributed by atoms with Crippen LogP contribution in [0.5, 0.6) is 0 Å². The molecule has 5 nitrogen and oxygen atoms in total. The highest BCUT2D eigenvalue weighted by atomic mass is 35.5. The highest BCUT2D eigenvalue weighted by Gasteiger charge is 2.04. The van der Waals surface area contributed by atoms with Crippen molar-refractivity contribution in [3.05, 3.63) is 77.5 Å². The molecule has 0 radical (unpaired) electrons. The number of rotatable bonds is 8. The van der Waals surface area contributed by atoms with E-state index < -0.39 is 0 Å². The lowest BCUT2D eigenvalue weighted by atomic mass is 10.1. The Kier molecular flexibility index (Phi) is 6.28. The second-order valence-corrected chi connectivity index (χ2v) is 6.48. The van der Waals surface area contributed by atoms with Gasteiger partial charge in [-0.1, -0.05) is 54.6 Å². The predicted molar refractivity (Wildman–Crippen MR) is 112 cm³/mol. The third kappa shape index (κ3) is 4.99. The molecule has 0 spiro atoms. The van der Waals surface area contributed by atoms with E-state index in [9.17, 15) is 4.79 Å². The summed E-state index contributed by atoms with van der Waals surface area (Å²) < 4.78 is 0.